The monoisotopic (exact) mass is 336 g/mol. The number of carbonyl (C=O) groups is 1. The molecule has 0 radical (unpaired) electrons. The van der Waals surface area contributed by atoms with Crippen molar-refractivity contribution < 1.29 is 9.90 Å². The van der Waals surface area contributed by atoms with Crippen LogP contribution in [0.3, 0.4) is 0 Å². The average molecular weight is 336 g/mol. The lowest BCUT2D eigenvalue weighted by atomic mass is 10.1. The molecule has 1 aromatic carbocycles. The second-order valence-corrected chi connectivity index (χ2v) is 6.19. The smallest absolute Gasteiger partial charge is 0.337 e. The van der Waals surface area contributed by atoms with E-state index in [2.05, 4.69) is 15.2 Å². The van der Waals surface area contributed by atoms with Gasteiger partial charge in [-0.1, -0.05) is 24.3 Å². The van der Waals surface area contributed by atoms with E-state index in [4.69, 9.17) is 0 Å². The molecule has 3 heterocycles. The first-order valence-electron chi connectivity index (χ1n) is 7.26. The van der Waals surface area contributed by atoms with Gasteiger partial charge in [-0.25, -0.2) is 4.79 Å². The predicted molar refractivity (Wildman–Crippen MR) is 91.3 cm³/mol. The van der Waals surface area contributed by atoms with Gasteiger partial charge in [0.1, 0.15) is 6.33 Å². The van der Waals surface area contributed by atoms with Crippen molar-refractivity contribution in [3.8, 4) is 0 Å². The zero-order valence-electron chi connectivity index (χ0n) is 12.5. The number of para-hydroxylation sites is 1. The Labute approximate surface area is 141 Å². The van der Waals surface area contributed by atoms with Crippen molar-refractivity contribution >= 4 is 34.3 Å². The van der Waals surface area contributed by atoms with E-state index in [0.29, 0.717) is 11.4 Å². The van der Waals surface area contributed by atoms with Crippen molar-refractivity contribution in [1.82, 2.24) is 19.6 Å². The molecular weight excluding hydrogens is 324 g/mol. The maximum Gasteiger partial charge on any atom is 0.337 e. The highest BCUT2D eigenvalue weighted by atomic mass is 32.2. The van der Waals surface area contributed by atoms with E-state index in [9.17, 15) is 9.90 Å². The van der Waals surface area contributed by atoms with Crippen LogP contribution < -0.4 is 0 Å². The number of carboxylic acid groups (broad SMARTS) is 1. The molecule has 6 nitrogen and oxygen atoms in total. The largest absolute Gasteiger partial charge is 0.478 e. The lowest BCUT2D eigenvalue weighted by Crippen LogP contribution is -2.04. The van der Waals surface area contributed by atoms with Crippen LogP contribution in [0.25, 0.3) is 16.6 Å². The van der Waals surface area contributed by atoms with E-state index in [1.165, 1.54) is 11.8 Å². The Morgan fingerprint density at radius 2 is 2.04 bits per heavy atom. The topological polar surface area (TPSA) is 80.4 Å². The summed E-state index contributed by atoms with van der Waals surface area (Å²) < 4.78 is 1.87. The van der Waals surface area contributed by atoms with Gasteiger partial charge in [0.25, 0.3) is 0 Å². The van der Waals surface area contributed by atoms with Crippen LogP contribution in [0.5, 0.6) is 0 Å². The molecule has 0 aliphatic carbocycles. The van der Waals surface area contributed by atoms with Gasteiger partial charge < -0.3 is 5.11 Å². The number of rotatable bonds is 4. The molecule has 1 N–H and O–H groups in total. The molecule has 0 saturated carbocycles. The molecular formula is C17H12N4O2S. The highest BCUT2D eigenvalue weighted by Gasteiger charge is 2.14. The van der Waals surface area contributed by atoms with Crippen molar-refractivity contribution in [2.45, 2.75) is 10.8 Å². The third-order valence-corrected chi connectivity index (χ3v) is 4.73. The molecule has 4 rings (SSSR count). The van der Waals surface area contributed by atoms with Gasteiger partial charge in [0.2, 0.25) is 0 Å². The molecule has 0 saturated heterocycles. The van der Waals surface area contributed by atoms with Crippen molar-refractivity contribution in [3.63, 3.8) is 0 Å². The van der Waals surface area contributed by atoms with Crippen molar-refractivity contribution in [2.24, 2.45) is 0 Å². The molecule has 0 amide bonds. The molecule has 0 atom stereocenters. The SMILES string of the molecule is O=C(O)c1cc2ccccc2nc1CSc1cccc2nncn12. The number of benzene rings is 1. The number of carboxylic acids is 1. The second-order valence-electron chi connectivity index (χ2n) is 5.19. The Bertz CT molecular complexity index is 1060. The maximum absolute atomic E-state index is 11.6. The Morgan fingerprint density at radius 3 is 2.92 bits per heavy atom. The zero-order valence-corrected chi connectivity index (χ0v) is 13.3. The van der Waals surface area contributed by atoms with Gasteiger partial charge in [0, 0.05) is 11.1 Å². The molecule has 4 aromatic rings. The minimum absolute atomic E-state index is 0.233. The van der Waals surface area contributed by atoms with E-state index in [0.717, 1.165) is 21.6 Å². The summed E-state index contributed by atoms with van der Waals surface area (Å²) in [6.07, 6.45) is 1.64. The predicted octanol–water partition coefficient (Wildman–Crippen LogP) is 3.27. The summed E-state index contributed by atoms with van der Waals surface area (Å²) >= 11 is 1.50. The zero-order chi connectivity index (χ0) is 16.5. The summed E-state index contributed by atoms with van der Waals surface area (Å²) in [7, 11) is 0. The van der Waals surface area contributed by atoms with Crippen LogP contribution in [0.15, 0.2) is 59.9 Å². The Morgan fingerprint density at radius 1 is 1.17 bits per heavy atom. The minimum atomic E-state index is -0.966. The van der Waals surface area contributed by atoms with Crippen LogP contribution in [0.4, 0.5) is 0 Å². The first-order valence-corrected chi connectivity index (χ1v) is 8.24. The van der Waals surface area contributed by atoms with E-state index in [1.54, 1.807) is 12.4 Å². The van der Waals surface area contributed by atoms with Crippen molar-refractivity contribution in [1.29, 1.82) is 0 Å². The summed E-state index contributed by atoms with van der Waals surface area (Å²) in [4.78, 5) is 16.1. The fourth-order valence-electron chi connectivity index (χ4n) is 2.54. The van der Waals surface area contributed by atoms with Gasteiger partial charge in [-0.3, -0.25) is 9.38 Å². The standard InChI is InChI=1S/C17H12N4O2S/c22-17(23)12-8-11-4-1-2-5-13(11)19-14(12)9-24-16-7-3-6-15-20-18-10-21(15)16/h1-8,10H,9H2,(H,22,23). The summed E-state index contributed by atoms with van der Waals surface area (Å²) in [5.74, 6) is -0.518. The Balaban J connectivity index is 1.72. The normalized spacial score (nSPS) is 11.2. The maximum atomic E-state index is 11.6. The highest BCUT2D eigenvalue weighted by Crippen LogP contribution is 2.26. The molecule has 0 unspecified atom stereocenters. The molecule has 0 spiro atoms. The van der Waals surface area contributed by atoms with Crippen LogP contribution in [0.1, 0.15) is 16.1 Å². The number of fused-ring (bicyclic) bond motifs is 2. The van der Waals surface area contributed by atoms with Crippen LogP contribution in [-0.4, -0.2) is 30.7 Å². The van der Waals surface area contributed by atoms with Crippen molar-refractivity contribution in [2.75, 3.05) is 0 Å². The number of hydrogen-bond acceptors (Lipinski definition) is 5. The van der Waals surface area contributed by atoms with Crippen LogP contribution in [0.2, 0.25) is 0 Å². The molecule has 118 valence electrons. The number of aromatic carboxylic acids is 1. The molecule has 0 aliphatic heterocycles. The van der Waals surface area contributed by atoms with Gasteiger partial charge in [0.05, 0.1) is 21.8 Å². The third kappa shape index (κ3) is 2.59. The minimum Gasteiger partial charge on any atom is -0.478 e. The Kier molecular flexibility index (Phi) is 3.62. The second kappa shape index (κ2) is 5.93. The summed E-state index contributed by atoms with van der Waals surface area (Å²) in [6.45, 7) is 0. The van der Waals surface area contributed by atoms with Crippen LogP contribution >= 0.6 is 11.8 Å². The first-order chi connectivity index (χ1) is 11.7. The first kappa shape index (κ1) is 14.6. The number of aromatic nitrogens is 4. The fraction of sp³-hybridized carbons (Fsp3) is 0.0588. The van der Waals surface area contributed by atoms with Gasteiger partial charge in [-0.2, -0.15) is 0 Å². The highest BCUT2D eigenvalue weighted by molar-refractivity contribution is 7.98. The lowest BCUT2D eigenvalue weighted by Gasteiger charge is -2.08. The van der Waals surface area contributed by atoms with Gasteiger partial charge >= 0.3 is 5.97 Å². The molecule has 3 aromatic heterocycles. The van der Waals surface area contributed by atoms with Crippen LogP contribution in [-0.2, 0) is 5.75 Å². The molecule has 0 bridgehead atoms. The van der Waals surface area contributed by atoms with E-state index < -0.39 is 5.97 Å². The van der Waals surface area contributed by atoms with Gasteiger partial charge in [0.15, 0.2) is 5.65 Å². The quantitative estimate of drug-likeness (QED) is 0.576. The average Bonchev–Trinajstić information content (AvgIpc) is 3.08. The summed E-state index contributed by atoms with van der Waals surface area (Å²) in [5.41, 5.74) is 2.33. The lowest BCUT2D eigenvalue weighted by molar-refractivity contribution is 0.0695. The number of hydrogen-bond donors (Lipinski definition) is 1. The molecule has 0 fully saturated rings. The molecule has 7 heteroatoms. The van der Waals surface area contributed by atoms with E-state index in [1.807, 2.05) is 46.9 Å². The summed E-state index contributed by atoms with van der Waals surface area (Å²) in [6, 6.07) is 14.9. The number of pyridine rings is 2. The van der Waals surface area contributed by atoms with Crippen molar-refractivity contribution in [3.05, 3.63) is 66.1 Å². The summed E-state index contributed by atoms with van der Waals surface area (Å²) in [5, 5.41) is 19.1. The fourth-order valence-corrected chi connectivity index (χ4v) is 3.49. The number of nitrogens with zero attached hydrogens (tertiary/aromatic N) is 4. The molecule has 0 aliphatic rings. The van der Waals surface area contributed by atoms with Gasteiger partial charge in [-0.05, 0) is 24.3 Å². The van der Waals surface area contributed by atoms with E-state index >= 15 is 0 Å². The van der Waals surface area contributed by atoms with Crippen LogP contribution in [0, 0.1) is 0 Å². The third-order valence-electron chi connectivity index (χ3n) is 3.69. The van der Waals surface area contributed by atoms with E-state index in [-0.39, 0.29) is 5.56 Å². The van der Waals surface area contributed by atoms with Gasteiger partial charge in [-0.15, -0.1) is 22.0 Å². The molecule has 24 heavy (non-hydrogen) atoms. The Hall–Kier alpha value is -2.93. The number of thioether (sulfide) groups is 1.